The Bertz CT molecular complexity index is 1650. The third kappa shape index (κ3) is 5.70. The van der Waals surface area contributed by atoms with Crippen LogP contribution in [0.15, 0.2) is 76.5 Å². The monoisotopic (exact) mass is 582 g/mol. The molecule has 2 heterocycles. The lowest BCUT2D eigenvalue weighted by atomic mass is 10.1. The fourth-order valence-electron chi connectivity index (χ4n) is 3.56. The summed E-state index contributed by atoms with van der Waals surface area (Å²) >= 11 is 18.7. The number of carbonyl (C=O) groups is 1. The van der Waals surface area contributed by atoms with E-state index in [4.69, 9.17) is 45.3 Å². The summed E-state index contributed by atoms with van der Waals surface area (Å²) in [5, 5.41) is 20.8. The Morgan fingerprint density at radius 3 is 2.54 bits per heavy atom. The normalized spacial score (nSPS) is 11.2. The number of nitrogens with one attached hydrogen (secondary N) is 1. The van der Waals surface area contributed by atoms with Crippen LogP contribution in [0, 0.1) is 0 Å². The number of hydrogen-bond donors (Lipinski definition) is 2. The number of aromatic nitrogens is 5. The van der Waals surface area contributed by atoms with Crippen molar-refractivity contribution in [1.29, 1.82) is 0 Å². The lowest BCUT2D eigenvalue weighted by Crippen LogP contribution is -2.19. The molecule has 5 aromatic rings. The summed E-state index contributed by atoms with van der Waals surface area (Å²) in [5.74, 6) is -0.131. The number of nitrogen functional groups attached to an aromatic ring is 1. The number of rotatable bonds is 8. The third-order valence-corrected chi connectivity index (χ3v) is 6.35. The van der Waals surface area contributed by atoms with Gasteiger partial charge in [0.05, 0.1) is 6.21 Å². The van der Waals surface area contributed by atoms with Crippen molar-refractivity contribution in [3.8, 4) is 22.8 Å². The van der Waals surface area contributed by atoms with Crippen molar-refractivity contribution in [1.82, 2.24) is 30.7 Å². The Balaban J connectivity index is 1.39. The Labute approximate surface area is 236 Å². The second-order valence-electron chi connectivity index (χ2n) is 7.91. The number of ether oxygens (including phenoxy) is 1. The molecule has 5 rings (SSSR count). The number of halogens is 3. The summed E-state index contributed by atoms with van der Waals surface area (Å²) in [7, 11) is 0. The van der Waals surface area contributed by atoms with Gasteiger partial charge < -0.3 is 10.5 Å². The van der Waals surface area contributed by atoms with E-state index in [0.29, 0.717) is 43.2 Å². The summed E-state index contributed by atoms with van der Waals surface area (Å²) in [6.45, 7) is 0.108. The topological polar surface area (TPSA) is 146 Å². The lowest BCUT2D eigenvalue weighted by Gasteiger charge is -2.12. The molecule has 3 aromatic carbocycles. The summed E-state index contributed by atoms with van der Waals surface area (Å²) < 4.78 is 11.9. The highest BCUT2D eigenvalue weighted by molar-refractivity contribution is 6.36. The summed E-state index contributed by atoms with van der Waals surface area (Å²) in [6, 6.07) is 19.1. The van der Waals surface area contributed by atoms with Crippen molar-refractivity contribution in [2.75, 3.05) is 5.73 Å². The van der Waals surface area contributed by atoms with Gasteiger partial charge in [-0.3, -0.25) is 4.79 Å². The first-order valence-electron chi connectivity index (χ1n) is 11.2. The van der Waals surface area contributed by atoms with Crippen LogP contribution in [0.5, 0.6) is 5.75 Å². The number of hydrogen-bond acceptors (Lipinski definition) is 9. The molecule has 0 aliphatic heterocycles. The highest BCUT2D eigenvalue weighted by Crippen LogP contribution is 2.28. The average molecular weight is 584 g/mol. The zero-order valence-corrected chi connectivity index (χ0v) is 22.0. The molecule has 0 atom stereocenters. The maximum Gasteiger partial charge on any atom is 0.294 e. The van der Waals surface area contributed by atoms with E-state index >= 15 is 0 Å². The first-order chi connectivity index (χ1) is 18.9. The molecule has 196 valence electrons. The summed E-state index contributed by atoms with van der Waals surface area (Å²) in [4.78, 5) is 13.1. The van der Waals surface area contributed by atoms with Gasteiger partial charge >= 0.3 is 0 Å². The van der Waals surface area contributed by atoms with Crippen molar-refractivity contribution in [2.45, 2.75) is 6.61 Å². The van der Waals surface area contributed by atoms with Crippen molar-refractivity contribution < 1.29 is 14.2 Å². The van der Waals surface area contributed by atoms with E-state index in [0.717, 1.165) is 0 Å². The summed E-state index contributed by atoms with van der Waals surface area (Å²) in [6.07, 6.45) is 1.39. The number of nitrogens with zero attached hydrogens (tertiary/aromatic N) is 6. The van der Waals surface area contributed by atoms with E-state index in [2.05, 4.69) is 35.8 Å². The summed E-state index contributed by atoms with van der Waals surface area (Å²) in [5.41, 5.74) is 10.3. The van der Waals surface area contributed by atoms with Crippen molar-refractivity contribution in [2.24, 2.45) is 5.10 Å². The van der Waals surface area contributed by atoms with E-state index in [1.807, 2.05) is 6.07 Å². The number of hydrazone groups is 1. The van der Waals surface area contributed by atoms with Gasteiger partial charge in [-0.25, -0.2) is 10.1 Å². The zero-order chi connectivity index (χ0) is 27.4. The molecule has 0 aliphatic carbocycles. The molecule has 3 N–H and O–H groups in total. The molecular formula is C25H17Cl3N8O3. The highest BCUT2D eigenvalue weighted by Gasteiger charge is 2.25. The molecule has 0 saturated heterocycles. The van der Waals surface area contributed by atoms with E-state index in [1.165, 1.54) is 10.9 Å². The standard InChI is InChI=1S/C25H17Cl3N8O3/c26-16-9-10-20(38-13-17-18(27)7-4-8-19(17)28)15(11-16)12-30-32-25(37)21-22(14-5-2-1-3-6-14)36(35-31-21)24-23(29)33-39-34-24/h1-12H,13H2,(H2,29,33)(H,32,37)/b30-12-. The van der Waals surface area contributed by atoms with Crippen LogP contribution in [0.3, 0.4) is 0 Å². The number of amides is 1. The highest BCUT2D eigenvalue weighted by atomic mass is 35.5. The minimum absolute atomic E-state index is 0.0198. The van der Waals surface area contributed by atoms with Gasteiger partial charge in [-0.15, -0.1) is 5.10 Å². The van der Waals surface area contributed by atoms with Gasteiger partial charge in [0.15, 0.2) is 5.69 Å². The molecule has 39 heavy (non-hydrogen) atoms. The minimum Gasteiger partial charge on any atom is -0.488 e. The third-order valence-electron chi connectivity index (χ3n) is 5.40. The molecular weight excluding hydrogens is 567 g/mol. The van der Waals surface area contributed by atoms with Crippen LogP contribution in [0.2, 0.25) is 15.1 Å². The molecule has 11 nitrogen and oxygen atoms in total. The van der Waals surface area contributed by atoms with Gasteiger partial charge in [0, 0.05) is 31.8 Å². The number of benzene rings is 3. The molecule has 0 aliphatic rings. The van der Waals surface area contributed by atoms with Crippen molar-refractivity contribution in [3.63, 3.8) is 0 Å². The van der Waals surface area contributed by atoms with E-state index in [-0.39, 0.29) is 23.9 Å². The molecule has 0 fully saturated rings. The predicted octanol–water partition coefficient (Wildman–Crippen LogP) is 5.20. The second-order valence-corrected chi connectivity index (χ2v) is 9.16. The maximum atomic E-state index is 13.1. The van der Waals surface area contributed by atoms with Gasteiger partial charge in [-0.05, 0) is 40.6 Å². The Hall–Kier alpha value is -4.45. The molecule has 0 saturated carbocycles. The van der Waals surface area contributed by atoms with Gasteiger partial charge in [-0.2, -0.15) is 9.78 Å². The molecule has 0 spiro atoms. The smallest absolute Gasteiger partial charge is 0.294 e. The van der Waals surface area contributed by atoms with Crippen LogP contribution in [0.1, 0.15) is 21.6 Å². The van der Waals surface area contributed by atoms with Crippen LogP contribution in [-0.2, 0) is 6.61 Å². The quantitative estimate of drug-likeness (QED) is 0.187. The van der Waals surface area contributed by atoms with Crippen LogP contribution in [0.4, 0.5) is 5.82 Å². The molecule has 0 unspecified atom stereocenters. The van der Waals surface area contributed by atoms with Crippen LogP contribution < -0.4 is 15.9 Å². The lowest BCUT2D eigenvalue weighted by molar-refractivity contribution is 0.0950. The number of carbonyl (C=O) groups excluding carboxylic acids is 1. The zero-order valence-electron chi connectivity index (χ0n) is 19.8. The van der Waals surface area contributed by atoms with Crippen LogP contribution in [-0.4, -0.2) is 37.4 Å². The first-order valence-corrected chi connectivity index (χ1v) is 12.3. The van der Waals surface area contributed by atoms with Crippen LogP contribution >= 0.6 is 34.8 Å². The SMILES string of the molecule is Nc1nonc1-n1nnc(C(=O)N/N=C\c2cc(Cl)ccc2OCc2c(Cl)cccc2Cl)c1-c1ccccc1. The predicted molar refractivity (Wildman–Crippen MR) is 146 cm³/mol. The van der Waals surface area contributed by atoms with Gasteiger partial charge in [0.25, 0.3) is 5.91 Å². The average Bonchev–Trinajstić information content (AvgIpc) is 3.56. The maximum absolute atomic E-state index is 13.1. The van der Waals surface area contributed by atoms with E-state index in [1.54, 1.807) is 60.7 Å². The molecule has 1 amide bonds. The molecule has 0 radical (unpaired) electrons. The molecule has 14 heteroatoms. The molecule has 0 bridgehead atoms. The van der Waals surface area contributed by atoms with Crippen molar-refractivity contribution >= 4 is 52.7 Å². The number of nitrogens with two attached hydrogens (primary N) is 1. The van der Waals surface area contributed by atoms with E-state index in [9.17, 15) is 4.79 Å². The Morgan fingerprint density at radius 2 is 1.82 bits per heavy atom. The minimum atomic E-state index is -0.640. The van der Waals surface area contributed by atoms with Crippen LogP contribution in [0.25, 0.3) is 17.1 Å². The Kier molecular flexibility index (Phi) is 7.73. The van der Waals surface area contributed by atoms with Gasteiger partial charge in [-0.1, -0.05) is 76.4 Å². The second kappa shape index (κ2) is 11.5. The fourth-order valence-corrected chi connectivity index (χ4v) is 4.25. The number of anilines is 1. The van der Waals surface area contributed by atoms with Crippen molar-refractivity contribution in [3.05, 3.63) is 98.6 Å². The van der Waals surface area contributed by atoms with Gasteiger partial charge in [0.2, 0.25) is 11.6 Å². The van der Waals surface area contributed by atoms with E-state index < -0.39 is 5.91 Å². The molecule has 2 aromatic heterocycles. The largest absolute Gasteiger partial charge is 0.488 e. The van der Waals surface area contributed by atoms with Gasteiger partial charge in [0.1, 0.15) is 18.1 Å². The first kappa shape index (κ1) is 26.2. The Morgan fingerprint density at radius 1 is 1.05 bits per heavy atom. The fraction of sp³-hybridized carbons (Fsp3) is 0.0400.